The highest BCUT2D eigenvalue weighted by molar-refractivity contribution is 7.09. The molecule has 1 heterocycles. The molecule has 1 aliphatic rings. The van der Waals surface area contributed by atoms with Crippen molar-refractivity contribution < 1.29 is 19.1 Å². The standard InChI is InChI=1S/C24H33N3O4S/c1-5-17-15-32-21(25-17)19-13-18(26-23(29)31-24(2,3)4)11-12-20(19)27-22(28)30-14-16-9-7-6-8-10-16/h6-10,15,18-20H,5,11-14H2,1-4H3,(H,26,29)(H,27,28)/t18-,19-,20+/m1/s1. The predicted octanol–water partition coefficient (Wildman–Crippen LogP) is 5.16. The van der Waals surface area contributed by atoms with Crippen LogP contribution < -0.4 is 10.6 Å². The van der Waals surface area contributed by atoms with E-state index in [2.05, 4.69) is 22.9 Å². The summed E-state index contributed by atoms with van der Waals surface area (Å²) in [7, 11) is 0. The van der Waals surface area contributed by atoms with Crippen molar-refractivity contribution in [1.82, 2.24) is 15.6 Å². The van der Waals surface area contributed by atoms with Gasteiger partial charge < -0.3 is 20.1 Å². The Bertz CT molecular complexity index is 894. The number of nitrogens with zero attached hydrogens (tertiary/aromatic N) is 1. The Balaban J connectivity index is 1.63. The molecule has 32 heavy (non-hydrogen) atoms. The van der Waals surface area contributed by atoms with Crippen LogP contribution in [0.1, 0.15) is 69.1 Å². The summed E-state index contributed by atoms with van der Waals surface area (Å²) in [6, 6.07) is 9.46. The van der Waals surface area contributed by atoms with Gasteiger partial charge in [0.2, 0.25) is 0 Å². The highest BCUT2D eigenvalue weighted by Crippen LogP contribution is 2.35. The van der Waals surface area contributed by atoms with Gasteiger partial charge in [-0.3, -0.25) is 0 Å². The molecular weight excluding hydrogens is 426 g/mol. The van der Waals surface area contributed by atoms with E-state index in [-0.39, 0.29) is 24.6 Å². The molecule has 7 nitrogen and oxygen atoms in total. The summed E-state index contributed by atoms with van der Waals surface area (Å²) in [5.41, 5.74) is 1.44. The van der Waals surface area contributed by atoms with Crippen LogP contribution in [0.4, 0.5) is 9.59 Å². The van der Waals surface area contributed by atoms with Crippen LogP contribution in [0, 0.1) is 0 Å². The second-order valence-electron chi connectivity index (χ2n) is 9.11. The second-order valence-corrected chi connectivity index (χ2v) is 10.00. The van der Waals surface area contributed by atoms with E-state index in [9.17, 15) is 9.59 Å². The minimum absolute atomic E-state index is 0.00161. The summed E-state index contributed by atoms with van der Waals surface area (Å²) in [6.45, 7) is 7.84. The number of nitrogens with one attached hydrogen (secondary N) is 2. The quantitative estimate of drug-likeness (QED) is 0.623. The summed E-state index contributed by atoms with van der Waals surface area (Å²) in [5, 5.41) is 9.07. The zero-order chi connectivity index (χ0) is 23.1. The van der Waals surface area contributed by atoms with E-state index in [0.717, 1.165) is 29.1 Å². The average molecular weight is 460 g/mol. The lowest BCUT2D eigenvalue weighted by Crippen LogP contribution is -2.48. The maximum Gasteiger partial charge on any atom is 0.407 e. The van der Waals surface area contributed by atoms with Gasteiger partial charge in [-0.15, -0.1) is 11.3 Å². The number of hydrogen-bond acceptors (Lipinski definition) is 6. The first-order chi connectivity index (χ1) is 15.2. The second kappa shape index (κ2) is 10.8. The molecule has 0 saturated heterocycles. The molecule has 0 radical (unpaired) electrons. The van der Waals surface area contributed by atoms with E-state index in [1.165, 1.54) is 0 Å². The third-order valence-electron chi connectivity index (χ3n) is 5.34. The van der Waals surface area contributed by atoms with Crippen LogP contribution in [-0.4, -0.2) is 34.9 Å². The highest BCUT2D eigenvalue weighted by Gasteiger charge is 2.36. The molecule has 174 valence electrons. The van der Waals surface area contributed by atoms with Crippen molar-refractivity contribution in [3.8, 4) is 0 Å². The maximum absolute atomic E-state index is 12.5. The minimum atomic E-state index is -0.546. The van der Waals surface area contributed by atoms with Crippen LogP contribution in [0.2, 0.25) is 0 Å². The molecule has 2 N–H and O–H groups in total. The van der Waals surface area contributed by atoms with Gasteiger partial charge in [-0.1, -0.05) is 37.3 Å². The van der Waals surface area contributed by atoms with Crippen molar-refractivity contribution in [1.29, 1.82) is 0 Å². The molecule has 1 fully saturated rings. The predicted molar refractivity (Wildman–Crippen MR) is 125 cm³/mol. The molecule has 0 bridgehead atoms. The molecule has 8 heteroatoms. The number of benzene rings is 1. The number of alkyl carbamates (subject to hydrolysis) is 2. The topological polar surface area (TPSA) is 89.6 Å². The number of rotatable bonds is 6. The number of carbonyl (C=O) groups is 2. The van der Waals surface area contributed by atoms with Crippen LogP contribution >= 0.6 is 11.3 Å². The van der Waals surface area contributed by atoms with Gasteiger partial charge in [0.15, 0.2) is 0 Å². The fraction of sp³-hybridized carbons (Fsp3) is 0.542. The van der Waals surface area contributed by atoms with Crippen LogP contribution in [0.25, 0.3) is 0 Å². The van der Waals surface area contributed by atoms with Crippen molar-refractivity contribution in [2.24, 2.45) is 0 Å². The van der Waals surface area contributed by atoms with Crippen molar-refractivity contribution in [3.63, 3.8) is 0 Å². The Hall–Kier alpha value is -2.61. The highest BCUT2D eigenvalue weighted by atomic mass is 32.1. The largest absolute Gasteiger partial charge is 0.445 e. The van der Waals surface area contributed by atoms with Gasteiger partial charge in [-0.25, -0.2) is 14.6 Å². The summed E-state index contributed by atoms with van der Waals surface area (Å²) >= 11 is 1.61. The number of carbonyl (C=O) groups excluding carboxylic acids is 2. The van der Waals surface area contributed by atoms with E-state index >= 15 is 0 Å². The van der Waals surface area contributed by atoms with Gasteiger partial charge in [0.1, 0.15) is 12.2 Å². The number of hydrogen-bond donors (Lipinski definition) is 2. The first kappa shape index (κ1) is 24.0. The number of aromatic nitrogens is 1. The van der Waals surface area contributed by atoms with Gasteiger partial charge in [-0.2, -0.15) is 0 Å². The molecule has 1 aromatic heterocycles. The minimum Gasteiger partial charge on any atom is -0.445 e. The van der Waals surface area contributed by atoms with Crippen molar-refractivity contribution in [2.45, 2.75) is 83.6 Å². The molecule has 1 aromatic carbocycles. The molecule has 2 aromatic rings. The first-order valence-corrected chi connectivity index (χ1v) is 12.0. The van der Waals surface area contributed by atoms with E-state index in [4.69, 9.17) is 14.5 Å². The molecule has 0 spiro atoms. The number of amides is 2. The van der Waals surface area contributed by atoms with Gasteiger partial charge in [0.25, 0.3) is 0 Å². The lowest BCUT2D eigenvalue weighted by atomic mass is 9.82. The number of aryl methyl sites for hydroxylation is 1. The Morgan fingerprint density at radius 2 is 1.88 bits per heavy atom. The molecule has 3 rings (SSSR count). The van der Waals surface area contributed by atoms with Crippen LogP contribution in [0.5, 0.6) is 0 Å². The molecular formula is C24H33N3O4S. The smallest absolute Gasteiger partial charge is 0.407 e. The van der Waals surface area contributed by atoms with E-state index < -0.39 is 17.8 Å². The fourth-order valence-electron chi connectivity index (χ4n) is 3.79. The average Bonchev–Trinajstić information content (AvgIpc) is 3.22. The first-order valence-electron chi connectivity index (χ1n) is 11.1. The maximum atomic E-state index is 12.5. The van der Waals surface area contributed by atoms with E-state index in [1.807, 2.05) is 51.1 Å². The lowest BCUT2D eigenvalue weighted by molar-refractivity contribution is 0.0483. The Morgan fingerprint density at radius 1 is 1.12 bits per heavy atom. The molecule has 0 unspecified atom stereocenters. The SMILES string of the molecule is CCc1csc([C@@H]2C[C@H](NC(=O)OC(C)(C)C)CC[C@@H]2NC(=O)OCc2ccccc2)n1. The Kier molecular flexibility index (Phi) is 8.12. The molecule has 2 amide bonds. The molecule has 3 atom stereocenters. The third kappa shape index (κ3) is 7.22. The number of ether oxygens (including phenoxy) is 2. The molecule has 1 saturated carbocycles. The van der Waals surface area contributed by atoms with Gasteiger partial charge in [0, 0.05) is 23.4 Å². The number of thiazole rings is 1. The van der Waals surface area contributed by atoms with Crippen LogP contribution in [0.15, 0.2) is 35.7 Å². The Morgan fingerprint density at radius 3 is 2.53 bits per heavy atom. The van der Waals surface area contributed by atoms with Crippen molar-refractivity contribution in [2.75, 3.05) is 0 Å². The van der Waals surface area contributed by atoms with Crippen molar-refractivity contribution in [3.05, 3.63) is 52.0 Å². The van der Waals surface area contributed by atoms with Crippen LogP contribution in [-0.2, 0) is 22.5 Å². The van der Waals surface area contributed by atoms with Crippen LogP contribution in [0.3, 0.4) is 0 Å². The zero-order valence-electron chi connectivity index (χ0n) is 19.2. The normalized spacial score (nSPS) is 20.9. The fourth-order valence-corrected chi connectivity index (χ4v) is 4.87. The summed E-state index contributed by atoms with van der Waals surface area (Å²) in [4.78, 5) is 29.5. The summed E-state index contributed by atoms with van der Waals surface area (Å²) < 4.78 is 10.8. The van der Waals surface area contributed by atoms with E-state index in [0.29, 0.717) is 12.8 Å². The monoisotopic (exact) mass is 459 g/mol. The third-order valence-corrected chi connectivity index (χ3v) is 6.36. The Labute approximate surface area is 193 Å². The van der Waals surface area contributed by atoms with E-state index in [1.54, 1.807) is 11.3 Å². The van der Waals surface area contributed by atoms with Crippen molar-refractivity contribution >= 4 is 23.5 Å². The summed E-state index contributed by atoms with van der Waals surface area (Å²) in [6.07, 6.45) is 2.15. The zero-order valence-corrected chi connectivity index (χ0v) is 20.0. The lowest BCUT2D eigenvalue weighted by Gasteiger charge is -2.36. The van der Waals surface area contributed by atoms with Gasteiger partial charge in [0.05, 0.1) is 10.7 Å². The molecule has 1 aliphatic carbocycles. The van der Waals surface area contributed by atoms with Gasteiger partial charge >= 0.3 is 12.2 Å². The summed E-state index contributed by atoms with van der Waals surface area (Å²) in [5.74, 6) is -0.00161. The molecule has 0 aliphatic heterocycles. The van der Waals surface area contributed by atoms with Gasteiger partial charge in [-0.05, 0) is 52.0 Å².